The zero-order chi connectivity index (χ0) is 26.4. The van der Waals surface area contributed by atoms with Crippen LogP contribution in [0, 0.1) is 23.7 Å². The summed E-state index contributed by atoms with van der Waals surface area (Å²) in [5.41, 5.74) is -2.29. The average Bonchev–Trinajstić information content (AvgIpc) is 3.34. The number of fused-ring (bicyclic) bond motifs is 1. The van der Waals surface area contributed by atoms with E-state index in [1.54, 1.807) is 17.9 Å². The van der Waals surface area contributed by atoms with Crippen LogP contribution in [0.25, 0.3) is 0 Å². The van der Waals surface area contributed by atoms with E-state index in [-0.39, 0.29) is 24.3 Å². The molecule has 0 aliphatic carbocycles. The molecule has 4 aliphatic heterocycles. The van der Waals surface area contributed by atoms with Crippen molar-refractivity contribution in [1.82, 2.24) is 14.7 Å². The van der Waals surface area contributed by atoms with Crippen molar-refractivity contribution >= 4 is 17.8 Å². The van der Waals surface area contributed by atoms with Gasteiger partial charge in [0.15, 0.2) is 0 Å². The van der Waals surface area contributed by atoms with Gasteiger partial charge < -0.3 is 29.5 Å². The van der Waals surface area contributed by atoms with Crippen molar-refractivity contribution in [3.63, 3.8) is 0 Å². The molecule has 7 atom stereocenters. The SMILES string of the molecule is C=CCN(CCN1CCOCC1)C(=O)C1N([C@@H](CO)C(C)C)C(=O)[C@@H]2[C@H](C(=O)O)[C@@]3(C)OC12CC3C. The zero-order valence-electron chi connectivity index (χ0n) is 21.9. The monoisotopic (exact) mass is 507 g/mol. The molecule has 10 nitrogen and oxygen atoms in total. The van der Waals surface area contributed by atoms with Gasteiger partial charge in [0.05, 0.1) is 37.4 Å². The van der Waals surface area contributed by atoms with Gasteiger partial charge in [-0.05, 0) is 25.2 Å². The number of carbonyl (C=O) groups excluding carboxylic acids is 2. The Morgan fingerprint density at radius 2 is 1.97 bits per heavy atom. The van der Waals surface area contributed by atoms with Crippen molar-refractivity contribution in [2.45, 2.75) is 57.4 Å². The van der Waals surface area contributed by atoms with Crippen molar-refractivity contribution in [2.24, 2.45) is 23.7 Å². The van der Waals surface area contributed by atoms with Crippen LogP contribution in [0.1, 0.15) is 34.1 Å². The van der Waals surface area contributed by atoms with Gasteiger partial charge in [-0.15, -0.1) is 6.58 Å². The third kappa shape index (κ3) is 4.06. The van der Waals surface area contributed by atoms with E-state index in [0.29, 0.717) is 39.3 Å². The van der Waals surface area contributed by atoms with E-state index >= 15 is 0 Å². The predicted octanol–water partition coefficient (Wildman–Crippen LogP) is 0.445. The minimum absolute atomic E-state index is 0.140. The summed E-state index contributed by atoms with van der Waals surface area (Å²) in [5, 5.41) is 20.5. The van der Waals surface area contributed by atoms with Gasteiger partial charge in [-0.3, -0.25) is 19.3 Å². The number of ether oxygens (including phenoxy) is 2. The number of aliphatic hydroxyl groups is 1. The number of carboxylic acids is 1. The summed E-state index contributed by atoms with van der Waals surface area (Å²) in [5.74, 6) is -4.08. The number of carboxylic acid groups (broad SMARTS) is 1. The highest BCUT2D eigenvalue weighted by atomic mass is 16.5. The van der Waals surface area contributed by atoms with Gasteiger partial charge in [0.2, 0.25) is 11.8 Å². The minimum atomic E-state index is -1.24. The summed E-state index contributed by atoms with van der Waals surface area (Å²) in [7, 11) is 0. The molecule has 0 aromatic rings. The van der Waals surface area contributed by atoms with Crippen molar-refractivity contribution in [2.75, 3.05) is 52.5 Å². The van der Waals surface area contributed by atoms with Crippen LogP contribution < -0.4 is 0 Å². The number of amides is 2. The maximum atomic E-state index is 14.4. The molecule has 0 aromatic carbocycles. The molecule has 2 amide bonds. The quantitative estimate of drug-likeness (QED) is 0.409. The Morgan fingerprint density at radius 1 is 1.31 bits per heavy atom. The van der Waals surface area contributed by atoms with E-state index in [9.17, 15) is 24.6 Å². The Labute approximate surface area is 213 Å². The lowest BCUT2D eigenvalue weighted by Gasteiger charge is -2.41. The maximum absolute atomic E-state index is 14.4. The van der Waals surface area contributed by atoms with E-state index in [4.69, 9.17) is 9.47 Å². The van der Waals surface area contributed by atoms with Gasteiger partial charge in [-0.1, -0.05) is 26.8 Å². The summed E-state index contributed by atoms with van der Waals surface area (Å²) in [6, 6.07) is -1.63. The van der Waals surface area contributed by atoms with Crippen LogP contribution >= 0.6 is 0 Å². The lowest BCUT2D eigenvalue weighted by molar-refractivity contribution is -0.161. The molecule has 4 heterocycles. The molecule has 4 rings (SSSR count). The molecule has 4 fully saturated rings. The molecule has 2 bridgehead atoms. The van der Waals surface area contributed by atoms with Crippen molar-refractivity contribution in [3.8, 4) is 0 Å². The second-order valence-corrected chi connectivity index (χ2v) is 11.3. The summed E-state index contributed by atoms with van der Waals surface area (Å²) >= 11 is 0. The van der Waals surface area contributed by atoms with E-state index in [1.807, 2.05) is 20.8 Å². The highest BCUT2D eigenvalue weighted by molar-refractivity contribution is 5.98. The third-order valence-corrected chi connectivity index (χ3v) is 9.02. The molecule has 4 aliphatic rings. The van der Waals surface area contributed by atoms with Crippen molar-refractivity contribution < 1.29 is 34.1 Å². The lowest BCUT2D eigenvalue weighted by Crippen LogP contribution is -2.60. The number of rotatable bonds is 10. The maximum Gasteiger partial charge on any atom is 0.310 e. The fraction of sp³-hybridized carbons (Fsp3) is 0.808. The number of likely N-dealkylation sites (tertiary alicyclic amines) is 1. The molecule has 2 N–H and O–H groups in total. The van der Waals surface area contributed by atoms with Crippen LogP contribution in [0.3, 0.4) is 0 Å². The lowest BCUT2D eigenvalue weighted by atomic mass is 9.62. The first-order valence-electron chi connectivity index (χ1n) is 13.1. The summed E-state index contributed by atoms with van der Waals surface area (Å²) in [6.45, 7) is 15.2. The molecule has 1 spiro atoms. The fourth-order valence-electron chi connectivity index (χ4n) is 7.02. The number of hydrogen-bond donors (Lipinski definition) is 2. The number of morpholine rings is 1. The number of hydrogen-bond acceptors (Lipinski definition) is 7. The predicted molar refractivity (Wildman–Crippen MR) is 131 cm³/mol. The van der Waals surface area contributed by atoms with Gasteiger partial charge in [-0.25, -0.2) is 0 Å². The van der Waals surface area contributed by atoms with E-state index in [1.165, 1.54) is 4.90 Å². The highest BCUT2D eigenvalue weighted by Crippen LogP contribution is 2.65. The van der Waals surface area contributed by atoms with Crippen LogP contribution in [0.5, 0.6) is 0 Å². The Kier molecular flexibility index (Phi) is 7.54. The van der Waals surface area contributed by atoms with Gasteiger partial charge in [0, 0.05) is 32.7 Å². The topological polar surface area (TPSA) is 120 Å². The van der Waals surface area contributed by atoms with Crippen LogP contribution in [0.15, 0.2) is 12.7 Å². The van der Waals surface area contributed by atoms with Crippen molar-refractivity contribution in [1.29, 1.82) is 0 Å². The van der Waals surface area contributed by atoms with Crippen molar-refractivity contribution in [3.05, 3.63) is 12.7 Å². The minimum Gasteiger partial charge on any atom is -0.481 e. The number of carbonyl (C=O) groups is 3. The molecular formula is C26H41N3O7. The third-order valence-electron chi connectivity index (χ3n) is 9.02. The molecule has 3 unspecified atom stereocenters. The number of aliphatic carboxylic acids is 1. The molecule has 10 heteroatoms. The van der Waals surface area contributed by atoms with Crippen LogP contribution in [0.4, 0.5) is 0 Å². The Morgan fingerprint density at radius 3 is 2.53 bits per heavy atom. The Balaban J connectivity index is 1.73. The Bertz CT molecular complexity index is 891. The fourth-order valence-corrected chi connectivity index (χ4v) is 7.02. The van der Waals surface area contributed by atoms with E-state index < -0.39 is 47.0 Å². The molecule has 0 aromatic heterocycles. The average molecular weight is 508 g/mol. The first-order valence-corrected chi connectivity index (χ1v) is 13.1. The smallest absolute Gasteiger partial charge is 0.310 e. The van der Waals surface area contributed by atoms with Gasteiger partial charge in [0.25, 0.3) is 0 Å². The summed E-state index contributed by atoms with van der Waals surface area (Å²) in [6.07, 6.45) is 2.08. The standard InChI is InChI=1S/C26H41N3O7/c1-6-7-28(9-8-27-10-12-35-13-11-27)23(32)21-26-14-17(4)25(5,36-26)20(24(33)34)19(26)22(31)29(21)18(15-30)16(2)3/h6,16-21,30H,1,7-15H2,2-5H3,(H,33,34)/t17?,18-,19-,20+,21?,25-,26?/m0/s1. The second-order valence-electron chi connectivity index (χ2n) is 11.3. The summed E-state index contributed by atoms with van der Waals surface area (Å²) < 4.78 is 12.0. The highest BCUT2D eigenvalue weighted by Gasteiger charge is 2.80. The van der Waals surface area contributed by atoms with Gasteiger partial charge in [-0.2, -0.15) is 0 Å². The van der Waals surface area contributed by atoms with E-state index in [0.717, 1.165) is 13.1 Å². The van der Waals surface area contributed by atoms with Crippen LogP contribution in [0.2, 0.25) is 0 Å². The van der Waals surface area contributed by atoms with Gasteiger partial charge >= 0.3 is 5.97 Å². The van der Waals surface area contributed by atoms with Crippen LogP contribution in [-0.4, -0.2) is 119 Å². The van der Waals surface area contributed by atoms with Crippen LogP contribution in [-0.2, 0) is 23.9 Å². The first-order chi connectivity index (χ1) is 17.0. The normalized spacial score (nSPS) is 36.8. The molecule has 0 saturated carbocycles. The molecular weight excluding hydrogens is 466 g/mol. The largest absolute Gasteiger partial charge is 0.481 e. The Hall–Kier alpha value is -2.01. The van der Waals surface area contributed by atoms with Gasteiger partial charge in [0.1, 0.15) is 17.6 Å². The molecule has 4 saturated heterocycles. The molecule has 36 heavy (non-hydrogen) atoms. The first kappa shape index (κ1) is 27.0. The second kappa shape index (κ2) is 10.0. The number of aliphatic hydroxyl groups excluding tert-OH is 1. The zero-order valence-corrected chi connectivity index (χ0v) is 21.9. The summed E-state index contributed by atoms with van der Waals surface area (Å²) in [4.78, 5) is 46.2. The molecule has 202 valence electrons. The number of nitrogens with zero attached hydrogens (tertiary/aromatic N) is 3. The molecule has 0 radical (unpaired) electrons. The van der Waals surface area contributed by atoms with E-state index in [2.05, 4.69) is 11.5 Å².